The van der Waals surface area contributed by atoms with Gasteiger partial charge in [0, 0.05) is 6.42 Å². The molecule has 7 heteroatoms. The predicted octanol–water partition coefficient (Wildman–Crippen LogP) is 2.81. The van der Waals surface area contributed by atoms with Crippen LogP contribution in [0.15, 0.2) is 53.6 Å². The summed E-state index contributed by atoms with van der Waals surface area (Å²) in [4.78, 5) is 0. The monoisotopic (exact) mass is 360 g/mol. The van der Waals surface area contributed by atoms with Crippen LogP contribution in [0.4, 0.5) is 0 Å². The smallest absolute Gasteiger partial charge is 0.247 e. The van der Waals surface area contributed by atoms with Gasteiger partial charge in [0.05, 0.1) is 32.2 Å². The highest BCUT2D eigenvalue weighted by atomic mass is 32.2. The Hall–Kier alpha value is -2.54. The molecule has 2 aromatic rings. The molecule has 1 aliphatic rings. The van der Waals surface area contributed by atoms with Crippen LogP contribution in [0.25, 0.3) is 0 Å². The van der Waals surface area contributed by atoms with Crippen molar-refractivity contribution in [2.45, 2.75) is 12.5 Å². The van der Waals surface area contributed by atoms with E-state index < -0.39 is 10.0 Å². The van der Waals surface area contributed by atoms with Gasteiger partial charge in [0.2, 0.25) is 10.0 Å². The van der Waals surface area contributed by atoms with Gasteiger partial charge in [-0.3, -0.25) is 0 Å². The molecule has 0 aromatic heterocycles. The zero-order valence-corrected chi connectivity index (χ0v) is 15.2. The fraction of sp³-hybridized carbons (Fsp3) is 0.278. The number of sulfonamides is 1. The number of nitrogens with zero attached hydrogens (tertiary/aromatic N) is 2. The van der Waals surface area contributed by atoms with Crippen LogP contribution < -0.4 is 9.47 Å². The minimum Gasteiger partial charge on any atom is -0.497 e. The van der Waals surface area contributed by atoms with Crippen LogP contribution in [0.2, 0.25) is 0 Å². The van der Waals surface area contributed by atoms with Crippen LogP contribution in [-0.4, -0.2) is 39.0 Å². The van der Waals surface area contributed by atoms with Gasteiger partial charge in [0.1, 0.15) is 11.5 Å². The molecule has 2 aromatic carbocycles. The predicted molar refractivity (Wildman–Crippen MR) is 96.6 cm³/mol. The van der Waals surface area contributed by atoms with Crippen LogP contribution in [-0.2, 0) is 10.0 Å². The zero-order chi connectivity index (χ0) is 18.0. The Morgan fingerprint density at radius 3 is 1.96 bits per heavy atom. The number of ether oxygens (including phenoxy) is 2. The Bertz CT molecular complexity index is 874. The van der Waals surface area contributed by atoms with E-state index >= 15 is 0 Å². The molecule has 0 saturated heterocycles. The summed E-state index contributed by atoms with van der Waals surface area (Å²) in [5.74, 6) is 1.47. The van der Waals surface area contributed by atoms with E-state index in [4.69, 9.17) is 9.47 Å². The second-order valence-corrected chi connectivity index (χ2v) is 7.64. The summed E-state index contributed by atoms with van der Waals surface area (Å²) in [7, 11) is -0.280. The van der Waals surface area contributed by atoms with Crippen LogP contribution in [0.1, 0.15) is 23.6 Å². The van der Waals surface area contributed by atoms with E-state index in [-0.39, 0.29) is 6.04 Å². The van der Waals surface area contributed by atoms with Crippen LogP contribution in [0, 0.1) is 0 Å². The van der Waals surface area contributed by atoms with Gasteiger partial charge in [0.25, 0.3) is 0 Å². The minimum absolute atomic E-state index is 0.363. The van der Waals surface area contributed by atoms with E-state index in [1.165, 1.54) is 10.7 Å². The van der Waals surface area contributed by atoms with Gasteiger partial charge in [-0.1, -0.05) is 12.1 Å². The SMILES string of the molecule is COc1ccc(C2=NN(S(C)(=O)=O)[C@H](c3ccc(OC)cc3)C2)cc1. The van der Waals surface area contributed by atoms with E-state index in [2.05, 4.69) is 5.10 Å². The van der Waals surface area contributed by atoms with Gasteiger partial charge < -0.3 is 9.47 Å². The Labute approximate surface area is 147 Å². The van der Waals surface area contributed by atoms with Crippen molar-refractivity contribution in [2.75, 3.05) is 20.5 Å². The van der Waals surface area contributed by atoms with Crippen LogP contribution >= 0.6 is 0 Å². The molecule has 0 aliphatic carbocycles. The summed E-state index contributed by atoms with van der Waals surface area (Å²) in [6.45, 7) is 0. The fourth-order valence-corrected chi connectivity index (χ4v) is 3.73. The standard InChI is InChI=1S/C18H20N2O4S/c1-23-15-8-4-13(5-9-15)17-12-18(20(19-17)25(3,21)22)14-6-10-16(24-2)11-7-14/h4-11,18H,12H2,1-3H3/t18-/m0/s1. The van der Waals surface area contributed by atoms with Gasteiger partial charge in [-0.05, 0) is 47.5 Å². The second kappa shape index (κ2) is 6.76. The average Bonchev–Trinajstić information content (AvgIpc) is 3.08. The third kappa shape index (κ3) is 3.61. The Balaban J connectivity index is 1.94. The van der Waals surface area contributed by atoms with E-state index in [0.717, 1.165) is 28.3 Å². The molecule has 6 nitrogen and oxygen atoms in total. The number of hydrogen-bond acceptors (Lipinski definition) is 5. The lowest BCUT2D eigenvalue weighted by Crippen LogP contribution is -2.25. The lowest BCUT2D eigenvalue weighted by molar-refractivity contribution is 0.374. The molecule has 3 rings (SSSR count). The molecule has 0 bridgehead atoms. The second-order valence-electron chi connectivity index (χ2n) is 5.80. The third-order valence-electron chi connectivity index (χ3n) is 4.14. The molecule has 25 heavy (non-hydrogen) atoms. The van der Waals surface area contributed by atoms with Crippen molar-refractivity contribution in [2.24, 2.45) is 5.10 Å². The number of hydrazone groups is 1. The molecule has 0 amide bonds. The highest BCUT2D eigenvalue weighted by Gasteiger charge is 2.34. The first kappa shape index (κ1) is 17.3. The number of benzene rings is 2. The Morgan fingerprint density at radius 2 is 1.48 bits per heavy atom. The maximum Gasteiger partial charge on any atom is 0.247 e. The molecule has 0 saturated carbocycles. The van der Waals surface area contributed by atoms with Gasteiger partial charge in [-0.15, -0.1) is 0 Å². The van der Waals surface area contributed by atoms with Crippen LogP contribution in [0.3, 0.4) is 0 Å². The maximum atomic E-state index is 12.2. The topological polar surface area (TPSA) is 68.2 Å². The first-order valence-corrected chi connectivity index (χ1v) is 9.62. The largest absolute Gasteiger partial charge is 0.497 e. The fourth-order valence-electron chi connectivity index (χ4n) is 2.83. The Morgan fingerprint density at radius 1 is 0.960 bits per heavy atom. The van der Waals surface area contributed by atoms with Crippen molar-refractivity contribution in [3.05, 3.63) is 59.7 Å². The summed E-state index contributed by atoms with van der Waals surface area (Å²) in [5.41, 5.74) is 2.48. The molecule has 1 atom stereocenters. The van der Waals surface area contributed by atoms with Gasteiger partial charge in [-0.25, -0.2) is 8.42 Å². The van der Waals surface area contributed by atoms with Crippen molar-refractivity contribution in [3.63, 3.8) is 0 Å². The molecule has 132 valence electrons. The summed E-state index contributed by atoms with van der Waals surface area (Å²) < 4.78 is 35.9. The lowest BCUT2D eigenvalue weighted by atomic mass is 9.99. The van der Waals surface area contributed by atoms with Crippen molar-refractivity contribution in [1.82, 2.24) is 4.41 Å². The van der Waals surface area contributed by atoms with Crippen molar-refractivity contribution >= 4 is 15.7 Å². The van der Waals surface area contributed by atoms with E-state index in [9.17, 15) is 8.42 Å². The molecule has 0 fully saturated rings. The molecule has 1 heterocycles. The first-order chi connectivity index (χ1) is 11.9. The summed E-state index contributed by atoms with van der Waals surface area (Å²) in [6.07, 6.45) is 1.68. The van der Waals surface area contributed by atoms with Gasteiger partial charge in [0.15, 0.2) is 0 Å². The normalized spacial score (nSPS) is 17.3. The average molecular weight is 360 g/mol. The van der Waals surface area contributed by atoms with Crippen LogP contribution in [0.5, 0.6) is 11.5 Å². The van der Waals surface area contributed by atoms with Gasteiger partial charge >= 0.3 is 0 Å². The minimum atomic E-state index is -3.48. The van der Waals surface area contributed by atoms with Gasteiger partial charge in [-0.2, -0.15) is 9.52 Å². The van der Waals surface area contributed by atoms with Crippen molar-refractivity contribution in [3.8, 4) is 11.5 Å². The summed E-state index contributed by atoms with van der Waals surface area (Å²) in [5, 5.41) is 4.38. The molecular formula is C18H20N2O4S. The highest BCUT2D eigenvalue weighted by molar-refractivity contribution is 7.88. The number of methoxy groups -OCH3 is 2. The molecule has 0 radical (unpaired) electrons. The van der Waals surface area contributed by atoms with Crippen molar-refractivity contribution < 1.29 is 17.9 Å². The molecule has 0 unspecified atom stereocenters. The lowest BCUT2D eigenvalue weighted by Gasteiger charge is -2.21. The Kier molecular flexibility index (Phi) is 4.67. The number of hydrogen-bond donors (Lipinski definition) is 0. The van der Waals surface area contributed by atoms with E-state index in [1.54, 1.807) is 14.2 Å². The summed E-state index contributed by atoms with van der Waals surface area (Å²) >= 11 is 0. The highest BCUT2D eigenvalue weighted by Crippen LogP contribution is 2.35. The van der Waals surface area contributed by atoms with E-state index in [1.807, 2.05) is 48.5 Å². The molecule has 0 spiro atoms. The molecular weight excluding hydrogens is 340 g/mol. The quantitative estimate of drug-likeness (QED) is 0.822. The number of rotatable bonds is 5. The maximum absolute atomic E-state index is 12.2. The first-order valence-electron chi connectivity index (χ1n) is 7.77. The zero-order valence-electron chi connectivity index (χ0n) is 14.3. The molecule has 0 N–H and O–H groups in total. The van der Waals surface area contributed by atoms with E-state index in [0.29, 0.717) is 6.42 Å². The molecule has 1 aliphatic heterocycles. The van der Waals surface area contributed by atoms with Crippen molar-refractivity contribution in [1.29, 1.82) is 0 Å². The summed E-state index contributed by atoms with van der Waals surface area (Å²) in [6, 6.07) is 14.5. The third-order valence-corrected chi connectivity index (χ3v) is 5.15.